The molecule has 0 saturated heterocycles. The second-order valence-corrected chi connectivity index (χ2v) is 4.92. The lowest BCUT2D eigenvalue weighted by molar-refractivity contribution is 0.0515. The van der Waals surface area contributed by atoms with Gasteiger partial charge in [0.1, 0.15) is 0 Å². The van der Waals surface area contributed by atoms with Gasteiger partial charge in [0.15, 0.2) is 0 Å². The Balaban J connectivity index is 2.24. The summed E-state index contributed by atoms with van der Waals surface area (Å²) in [5.41, 5.74) is 1.44. The molecule has 0 atom stereocenters. The summed E-state index contributed by atoms with van der Waals surface area (Å²) in [5, 5.41) is 3.36. The molecular weight excluding hydrogens is 198 g/mol. The van der Waals surface area contributed by atoms with Crippen molar-refractivity contribution >= 4 is 0 Å². The smallest absolute Gasteiger partial charge is 0.0717 e. The Morgan fingerprint density at radius 1 is 1.19 bits per heavy atom. The molecule has 2 heteroatoms. The number of rotatable bonds is 7. The van der Waals surface area contributed by atoms with Gasteiger partial charge < -0.3 is 10.1 Å². The first-order valence-corrected chi connectivity index (χ1v) is 5.96. The van der Waals surface area contributed by atoms with Crippen molar-refractivity contribution in [3.63, 3.8) is 0 Å². The van der Waals surface area contributed by atoms with Crippen molar-refractivity contribution in [3.8, 4) is 0 Å². The SMILES string of the molecule is CCNCC(C)(C)COCc1ccccc1. The molecule has 0 amide bonds. The summed E-state index contributed by atoms with van der Waals surface area (Å²) in [6.07, 6.45) is 0. The Labute approximate surface area is 99.0 Å². The van der Waals surface area contributed by atoms with Crippen LogP contribution in [-0.4, -0.2) is 19.7 Å². The number of hydrogen-bond acceptors (Lipinski definition) is 2. The molecule has 0 saturated carbocycles. The van der Waals surface area contributed by atoms with Crippen LogP contribution in [-0.2, 0) is 11.3 Å². The lowest BCUT2D eigenvalue weighted by Gasteiger charge is -2.24. The summed E-state index contributed by atoms with van der Waals surface area (Å²) < 4.78 is 5.74. The van der Waals surface area contributed by atoms with Gasteiger partial charge in [-0.2, -0.15) is 0 Å². The summed E-state index contributed by atoms with van der Waals surface area (Å²) in [6.45, 7) is 10.1. The van der Waals surface area contributed by atoms with Crippen LogP contribution in [0, 0.1) is 5.41 Å². The highest BCUT2D eigenvalue weighted by molar-refractivity contribution is 5.13. The van der Waals surface area contributed by atoms with Gasteiger partial charge in [-0.05, 0) is 12.1 Å². The average molecular weight is 221 g/mol. The monoisotopic (exact) mass is 221 g/mol. The maximum absolute atomic E-state index is 5.74. The highest BCUT2D eigenvalue weighted by Gasteiger charge is 2.17. The van der Waals surface area contributed by atoms with E-state index in [4.69, 9.17) is 4.74 Å². The van der Waals surface area contributed by atoms with Crippen LogP contribution in [0.2, 0.25) is 0 Å². The average Bonchev–Trinajstić information content (AvgIpc) is 2.28. The van der Waals surface area contributed by atoms with E-state index in [0.717, 1.165) is 19.7 Å². The minimum absolute atomic E-state index is 0.199. The molecule has 1 rings (SSSR count). The van der Waals surface area contributed by atoms with Gasteiger partial charge in [0.2, 0.25) is 0 Å². The zero-order valence-electron chi connectivity index (χ0n) is 10.6. The van der Waals surface area contributed by atoms with E-state index in [-0.39, 0.29) is 5.41 Å². The van der Waals surface area contributed by atoms with Crippen molar-refractivity contribution in [1.82, 2.24) is 5.32 Å². The second kappa shape index (κ2) is 6.66. The van der Waals surface area contributed by atoms with Gasteiger partial charge in [-0.3, -0.25) is 0 Å². The highest BCUT2D eigenvalue weighted by Crippen LogP contribution is 2.15. The fourth-order valence-corrected chi connectivity index (χ4v) is 1.53. The van der Waals surface area contributed by atoms with Crippen molar-refractivity contribution in [2.45, 2.75) is 27.4 Å². The lowest BCUT2D eigenvalue weighted by Crippen LogP contribution is -2.33. The molecule has 0 heterocycles. The third kappa shape index (κ3) is 5.29. The number of hydrogen-bond donors (Lipinski definition) is 1. The van der Waals surface area contributed by atoms with Gasteiger partial charge >= 0.3 is 0 Å². The number of ether oxygens (including phenoxy) is 1. The third-order valence-electron chi connectivity index (χ3n) is 2.46. The summed E-state index contributed by atoms with van der Waals surface area (Å²) in [6, 6.07) is 10.3. The van der Waals surface area contributed by atoms with Crippen LogP contribution in [0.4, 0.5) is 0 Å². The maximum Gasteiger partial charge on any atom is 0.0717 e. The number of benzene rings is 1. The Bertz CT molecular complexity index is 282. The van der Waals surface area contributed by atoms with Crippen LogP contribution < -0.4 is 5.32 Å². The van der Waals surface area contributed by atoms with Crippen molar-refractivity contribution in [2.75, 3.05) is 19.7 Å². The van der Waals surface area contributed by atoms with E-state index < -0.39 is 0 Å². The quantitative estimate of drug-likeness (QED) is 0.764. The van der Waals surface area contributed by atoms with Crippen LogP contribution in [0.1, 0.15) is 26.3 Å². The van der Waals surface area contributed by atoms with Crippen LogP contribution in [0.3, 0.4) is 0 Å². The number of nitrogens with one attached hydrogen (secondary N) is 1. The van der Waals surface area contributed by atoms with E-state index in [1.165, 1.54) is 5.56 Å². The molecule has 2 nitrogen and oxygen atoms in total. The standard InChI is InChI=1S/C14H23NO/c1-4-15-11-14(2,3)12-16-10-13-8-6-5-7-9-13/h5-9,15H,4,10-12H2,1-3H3. The molecule has 0 aromatic heterocycles. The molecule has 1 aromatic rings. The largest absolute Gasteiger partial charge is 0.376 e. The first-order chi connectivity index (χ1) is 7.64. The van der Waals surface area contributed by atoms with E-state index >= 15 is 0 Å². The predicted octanol–water partition coefficient (Wildman–Crippen LogP) is 2.84. The molecular formula is C14H23NO. The van der Waals surface area contributed by atoms with Crippen molar-refractivity contribution < 1.29 is 4.74 Å². The van der Waals surface area contributed by atoms with E-state index in [2.05, 4.69) is 38.2 Å². The molecule has 0 spiro atoms. The first kappa shape index (κ1) is 13.2. The molecule has 0 aliphatic carbocycles. The fraction of sp³-hybridized carbons (Fsp3) is 0.571. The molecule has 0 fully saturated rings. The van der Waals surface area contributed by atoms with Crippen LogP contribution in [0.5, 0.6) is 0 Å². The molecule has 0 radical (unpaired) electrons. The summed E-state index contributed by atoms with van der Waals surface area (Å²) in [7, 11) is 0. The minimum Gasteiger partial charge on any atom is -0.376 e. The Kier molecular flexibility index (Phi) is 5.50. The molecule has 0 unspecified atom stereocenters. The second-order valence-electron chi connectivity index (χ2n) is 4.92. The minimum atomic E-state index is 0.199. The van der Waals surface area contributed by atoms with E-state index in [1.807, 2.05) is 18.2 Å². The zero-order valence-corrected chi connectivity index (χ0v) is 10.6. The molecule has 0 aliphatic rings. The van der Waals surface area contributed by atoms with Gasteiger partial charge in [-0.1, -0.05) is 51.1 Å². The summed E-state index contributed by atoms with van der Waals surface area (Å²) >= 11 is 0. The van der Waals surface area contributed by atoms with Crippen LogP contribution >= 0.6 is 0 Å². The van der Waals surface area contributed by atoms with Gasteiger partial charge in [-0.15, -0.1) is 0 Å². The summed E-state index contributed by atoms with van der Waals surface area (Å²) in [4.78, 5) is 0. The van der Waals surface area contributed by atoms with E-state index in [0.29, 0.717) is 6.61 Å². The summed E-state index contributed by atoms with van der Waals surface area (Å²) in [5.74, 6) is 0. The van der Waals surface area contributed by atoms with E-state index in [1.54, 1.807) is 0 Å². The molecule has 0 aliphatic heterocycles. The predicted molar refractivity (Wildman–Crippen MR) is 68.4 cm³/mol. The topological polar surface area (TPSA) is 21.3 Å². The van der Waals surface area contributed by atoms with Gasteiger partial charge in [0.05, 0.1) is 13.2 Å². The normalized spacial score (nSPS) is 11.7. The highest BCUT2D eigenvalue weighted by atomic mass is 16.5. The van der Waals surface area contributed by atoms with Gasteiger partial charge in [-0.25, -0.2) is 0 Å². The van der Waals surface area contributed by atoms with Crippen molar-refractivity contribution in [1.29, 1.82) is 0 Å². The third-order valence-corrected chi connectivity index (χ3v) is 2.46. The lowest BCUT2D eigenvalue weighted by atomic mass is 9.95. The molecule has 1 N–H and O–H groups in total. The van der Waals surface area contributed by atoms with Crippen molar-refractivity contribution in [2.24, 2.45) is 5.41 Å². The van der Waals surface area contributed by atoms with Crippen molar-refractivity contribution in [3.05, 3.63) is 35.9 Å². The van der Waals surface area contributed by atoms with Gasteiger partial charge in [0.25, 0.3) is 0 Å². The Hall–Kier alpha value is -0.860. The Morgan fingerprint density at radius 2 is 1.88 bits per heavy atom. The van der Waals surface area contributed by atoms with E-state index in [9.17, 15) is 0 Å². The molecule has 16 heavy (non-hydrogen) atoms. The zero-order chi connectivity index (χ0) is 11.9. The molecule has 90 valence electrons. The molecule has 0 bridgehead atoms. The first-order valence-electron chi connectivity index (χ1n) is 5.96. The maximum atomic E-state index is 5.74. The fourth-order valence-electron chi connectivity index (χ4n) is 1.53. The van der Waals surface area contributed by atoms with Crippen LogP contribution in [0.25, 0.3) is 0 Å². The van der Waals surface area contributed by atoms with Gasteiger partial charge in [0, 0.05) is 12.0 Å². The van der Waals surface area contributed by atoms with Crippen LogP contribution in [0.15, 0.2) is 30.3 Å². The Morgan fingerprint density at radius 3 is 2.50 bits per heavy atom. The molecule has 1 aromatic carbocycles.